The van der Waals surface area contributed by atoms with Gasteiger partial charge in [0.2, 0.25) is 0 Å². The van der Waals surface area contributed by atoms with Gasteiger partial charge < -0.3 is 9.84 Å². The molecule has 0 radical (unpaired) electrons. The van der Waals surface area contributed by atoms with Gasteiger partial charge in [0, 0.05) is 6.21 Å². The van der Waals surface area contributed by atoms with Crippen molar-refractivity contribution in [3.8, 4) is 11.5 Å². The molecule has 0 aliphatic rings. The Bertz CT molecular complexity index is 582. The maximum Gasteiger partial charge on any atom is 0.141 e. The Balaban J connectivity index is 2.38. The third-order valence-electron chi connectivity index (χ3n) is 2.45. The summed E-state index contributed by atoms with van der Waals surface area (Å²) in [5.41, 5.74) is 0.631. The Kier molecular flexibility index (Phi) is 3.57. The SMILES string of the molecule is COc1cccc(F)c1C=Nc1ccccc1O. The zero-order valence-corrected chi connectivity index (χ0v) is 9.80. The van der Waals surface area contributed by atoms with Crippen molar-refractivity contribution in [1.29, 1.82) is 0 Å². The molecule has 0 atom stereocenters. The summed E-state index contributed by atoms with van der Waals surface area (Å²) in [6.45, 7) is 0. The van der Waals surface area contributed by atoms with Gasteiger partial charge in [0.05, 0.1) is 12.7 Å². The number of hydrogen-bond donors (Lipinski definition) is 1. The van der Waals surface area contributed by atoms with Crippen molar-refractivity contribution in [2.24, 2.45) is 4.99 Å². The lowest BCUT2D eigenvalue weighted by molar-refractivity contribution is 0.410. The summed E-state index contributed by atoms with van der Waals surface area (Å²) in [7, 11) is 1.46. The second-order valence-corrected chi connectivity index (χ2v) is 3.60. The number of aliphatic imine (C=N–C) groups is 1. The van der Waals surface area contributed by atoms with Crippen molar-refractivity contribution in [2.45, 2.75) is 0 Å². The molecule has 1 N–H and O–H groups in total. The van der Waals surface area contributed by atoms with Gasteiger partial charge >= 0.3 is 0 Å². The van der Waals surface area contributed by atoms with Crippen LogP contribution in [0.3, 0.4) is 0 Å². The minimum Gasteiger partial charge on any atom is -0.506 e. The monoisotopic (exact) mass is 245 g/mol. The van der Waals surface area contributed by atoms with Crippen LogP contribution in [-0.2, 0) is 0 Å². The van der Waals surface area contributed by atoms with E-state index in [4.69, 9.17) is 4.74 Å². The Morgan fingerprint density at radius 1 is 1.17 bits per heavy atom. The number of methoxy groups -OCH3 is 1. The van der Waals surface area contributed by atoms with E-state index in [1.165, 1.54) is 25.5 Å². The second kappa shape index (κ2) is 5.31. The van der Waals surface area contributed by atoms with Crippen LogP contribution in [0, 0.1) is 5.82 Å². The molecule has 0 bridgehead atoms. The summed E-state index contributed by atoms with van der Waals surface area (Å²) in [5, 5.41) is 9.55. The van der Waals surface area contributed by atoms with E-state index < -0.39 is 5.82 Å². The standard InChI is InChI=1S/C14H12FNO2/c1-18-14-8-4-5-11(15)10(14)9-16-12-6-2-3-7-13(12)17/h2-9,17H,1H3. The molecule has 2 aromatic rings. The van der Waals surface area contributed by atoms with E-state index in [0.29, 0.717) is 11.4 Å². The molecule has 0 saturated carbocycles. The maximum absolute atomic E-state index is 13.6. The van der Waals surface area contributed by atoms with Gasteiger partial charge in [0.1, 0.15) is 23.0 Å². The predicted molar refractivity (Wildman–Crippen MR) is 68.3 cm³/mol. The summed E-state index contributed by atoms with van der Waals surface area (Å²) in [4.78, 5) is 4.05. The molecule has 0 saturated heterocycles. The van der Waals surface area contributed by atoms with Crippen LogP contribution in [0.15, 0.2) is 47.5 Å². The first-order valence-electron chi connectivity index (χ1n) is 5.37. The summed E-state index contributed by atoms with van der Waals surface area (Å²) in [5.74, 6) is 0.0201. The van der Waals surface area contributed by atoms with E-state index in [1.54, 1.807) is 30.3 Å². The summed E-state index contributed by atoms with van der Waals surface area (Å²) < 4.78 is 18.7. The molecule has 0 aliphatic heterocycles. The number of ether oxygens (including phenoxy) is 1. The van der Waals surface area contributed by atoms with E-state index in [9.17, 15) is 9.50 Å². The van der Waals surface area contributed by atoms with E-state index in [1.807, 2.05) is 0 Å². The molecule has 0 unspecified atom stereocenters. The largest absolute Gasteiger partial charge is 0.506 e. The lowest BCUT2D eigenvalue weighted by Gasteiger charge is -2.04. The zero-order chi connectivity index (χ0) is 13.0. The molecule has 92 valence electrons. The Morgan fingerprint density at radius 3 is 2.67 bits per heavy atom. The number of halogens is 1. The van der Waals surface area contributed by atoms with E-state index in [2.05, 4.69) is 4.99 Å². The van der Waals surface area contributed by atoms with Crippen molar-refractivity contribution in [3.63, 3.8) is 0 Å². The van der Waals surface area contributed by atoms with Crippen LogP contribution in [0.4, 0.5) is 10.1 Å². The van der Waals surface area contributed by atoms with Gasteiger partial charge in [0.25, 0.3) is 0 Å². The van der Waals surface area contributed by atoms with Crippen LogP contribution in [0.1, 0.15) is 5.56 Å². The quantitative estimate of drug-likeness (QED) is 0.843. The first-order chi connectivity index (χ1) is 8.72. The Labute approximate surface area is 104 Å². The lowest BCUT2D eigenvalue weighted by Crippen LogP contribution is -1.94. The maximum atomic E-state index is 13.6. The minimum absolute atomic E-state index is 0.0454. The molecule has 18 heavy (non-hydrogen) atoms. The molecule has 0 amide bonds. The smallest absolute Gasteiger partial charge is 0.141 e. The Hall–Kier alpha value is -2.36. The molecule has 2 rings (SSSR count). The molecule has 4 heteroatoms. The van der Waals surface area contributed by atoms with Gasteiger partial charge in [-0.25, -0.2) is 4.39 Å². The highest BCUT2D eigenvalue weighted by molar-refractivity contribution is 5.86. The predicted octanol–water partition coefficient (Wildman–Crippen LogP) is 3.29. The number of para-hydroxylation sites is 2. The van der Waals surface area contributed by atoms with Crippen LogP contribution in [-0.4, -0.2) is 18.4 Å². The number of phenols is 1. The van der Waals surface area contributed by atoms with E-state index in [0.717, 1.165) is 0 Å². The summed E-state index contributed by atoms with van der Waals surface area (Å²) in [6.07, 6.45) is 1.34. The number of nitrogens with zero attached hydrogens (tertiary/aromatic N) is 1. The van der Waals surface area contributed by atoms with Gasteiger partial charge in [-0.3, -0.25) is 4.99 Å². The zero-order valence-electron chi connectivity index (χ0n) is 9.80. The normalized spacial score (nSPS) is 10.8. The molecule has 0 spiro atoms. The highest BCUT2D eigenvalue weighted by atomic mass is 19.1. The number of hydrogen-bond acceptors (Lipinski definition) is 3. The van der Waals surface area contributed by atoms with Gasteiger partial charge in [-0.05, 0) is 24.3 Å². The molecule has 2 aromatic carbocycles. The second-order valence-electron chi connectivity index (χ2n) is 3.60. The van der Waals surface area contributed by atoms with Gasteiger partial charge in [-0.15, -0.1) is 0 Å². The van der Waals surface area contributed by atoms with Crippen molar-refractivity contribution >= 4 is 11.9 Å². The first kappa shape index (κ1) is 12.1. The molecule has 0 heterocycles. The average molecular weight is 245 g/mol. The molecule has 3 nitrogen and oxygen atoms in total. The molecule has 0 aromatic heterocycles. The fourth-order valence-corrected chi connectivity index (χ4v) is 1.53. The third-order valence-corrected chi connectivity index (χ3v) is 2.45. The van der Waals surface area contributed by atoms with Crippen molar-refractivity contribution in [1.82, 2.24) is 0 Å². The Morgan fingerprint density at radius 2 is 1.94 bits per heavy atom. The number of rotatable bonds is 3. The van der Waals surface area contributed by atoms with Crippen molar-refractivity contribution in [3.05, 3.63) is 53.8 Å². The number of phenolic OH excluding ortho intramolecular Hbond substituents is 1. The van der Waals surface area contributed by atoms with Crippen LogP contribution in [0.5, 0.6) is 11.5 Å². The minimum atomic E-state index is -0.423. The topological polar surface area (TPSA) is 41.8 Å². The number of aromatic hydroxyl groups is 1. The molecule has 0 fully saturated rings. The van der Waals surface area contributed by atoms with Crippen LogP contribution >= 0.6 is 0 Å². The van der Waals surface area contributed by atoms with Crippen LogP contribution < -0.4 is 4.74 Å². The van der Waals surface area contributed by atoms with E-state index in [-0.39, 0.29) is 11.3 Å². The molecule has 0 aliphatic carbocycles. The van der Waals surface area contributed by atoms with Gasteiger partial charge in [0.15, 0.2) is 0 Å². The average Bonchev–Trinajstić information content (AvgIpc) is 2.39. The van der Waals surface area contributed by atoms with E-state index >= 15 is 0 Å². The van der Waals surface area contributed by atoms with Crippen molar-refractivity contribution in [2.75, 3.05) is 7.11 Å². The third kappa shape index (κ3) is 2.48. The van der Waals surface area contributed by atoms with Gasteiger partial charge in [-0.2, -0.15) is 0 Å². The molecular formula is C14H12FNO2. The van der Waals surface area contributed by atoms with Crippen molar-refractivity contribution < 1.29 is 14.2 Å². The van der Waals surface area contributed by atoms with Gasteiger partial charge in [-0.1, -0.05) is 18.2 Å². The highest BCUT2D eigenvalue weighted by Gasteiger charge is 2.06. The number of benzene rings is 2. The highest BCUT2D eigenvalue weighted by Crippen LogP contribution is 2.26. The summed E-state index contributed by atoms with van der Waals surface area (Å²) in [6, 6.07) is 11.1. The lowest BCUT2D eigenvalue weighted by atomic mass is 10.2. The first-order valence-corrected chi connectivity index (χ1v) is 5.37. The summed E-state index contributed by atoms with van der Waals surface area (Å²) >= 11 is 0. The molecular weight excluding hydrogens is 233 g/mol. The fraction of sp³-hybridized carbons (Fsp3) is 0.0714. The van der Waals surface area contributed by atoms with Crippen LogP contribution in [0.2, 0.25) is 0 Å². The van der Waals surface area contributed by atoms with Crippen LogP contribution in [0.25, 0.3) is 0 Å². The fourth-order valence-electron chi connectivity index (χ4n) is 1.53.